The van der Waals surface area contributed by atoms with Crippen LogP contribution in [0.25, 0.3) is 0 Å². The van der Waals surface area contributed by atoms with Gasteiger partial charge in [0.1, 0.15) is 11.0 Å². The van der Waals surface area contributed by atoms with Gasteiger partial charge in [0.2, 0.25) is 0 Å². The van der Waals surface area contributed by atoms with Crippen molar-refractivity contribution >= 4 is 11.6 Å². The van der Waals surface area contributed by atoms with Crippen LogP contribution in [-0.4, -0.2) is 27.8 Å². The van der Waals surface area contributed by atoms with Crippen molar-refractivity contribution in [2.75, 3.05) is 13.2 Å². The van der Waals surface area contributed by atoms with Gasteiger partial charge in [-0.05, 0) is 13.0 Å². The molecule has 0 saturated heterocycles. The maximum absolute atomic E-state index is 8.54. The number of aromatic nitrogens is 2. The van der Waals surface area contributed by atoms with Crippen molar-refractivity contribution in [3.05, 3.63) is 17.2 Å². The molecular formula is C8H14ClN3O. The Morgan fingerprint density at radius 1 is 1.69 bits per heavy atom. The van der Waals surface area contributed by atoms with Crippen molar-refractivity contribution < 1.29 is 5.11 Å². The number of aliphatic hydroxyl groups excluding tert-OH is 1. The van der Waals surface area contributed by atoms with E-state index in [2.05, 4.69) is 10.3 Å². The second-order valence-electron chi connectivity index (χ2n) is 2.81. The SMILES string of the molecule is Cn1c(Cl)cnc1CNCCCO. The van der Waals surface area contributed by atoms with Crippen molar-refractivity contribution in [3.63, 3.8) is 0 Å². The molecule has 1 heterocycles. The van der Waals surface area contributed by atoms with E-state index in [0.717, 1.165) is 18.8 Å². The summed E-state index contributed by atoms with van der Waals surface area (Å²) in [5.41, 5.74) is 0. The van der Waals surface area contributed by atoms with Crippen LogP contribution in [0.5, 0.6) is 0 Å². The van der Waals surface area contributed by atoms with Crippen molar-refractivity contribution in [2.45, 2.75) is 13.0 Å². The highest BCUT2D eigenvalue weighted by Crippen LogP contribution is 2.08. The molecule has 1 aromatic heterocycles. The average Bonchev–Trinajstić information content (AvgIpc) is 2.43. The molecule has 0 atom stereocenters. The molecule has 0 aliphatic carbocycles. The van der Waals surface area contributed by atoms with Gasteiger partial charge in [-0.3, -0.25) is 0 Å². The van der Waals surface area contributed by atoms with E-state index in [0.29, 0.717) is 11.7 Å². The fourth-order valence-electron chi connectivity index (χ4n) is 0.993. The fourth-order valence-corrected chi connectivity index (χ4v) is 1.14. The molecule has 0 spiro atoms. The van der Waals surface area contributed by atoms with Crippen LogP contribution in [-0.2, 0) is 13.6 Å². The zero-order valence-corrected chi connectivity index (χ0v) is 8.38. The van der Waals surface area contributed by atoms with Gasteiger partial charge >= 0.3 is 0 Å². The minimum atomic E-state index is 0.217. The van der Waals surface area contributed by atoms with Gasteiger partial charge in [0.25, 0.3) is 0 Å². The number of nitrogens with zero attached hydrogens (tertiary/aromatic N) is 2. The average molecular weight is 204 g/mol. The molecule has 1 rings (SSSR count). The molecule has 2 N–H and O–H groups in total. The summed E-state index contributed by atoms with van der Waals surface area (Å²) in [6, 6.07) is 0. The Hall–Kier alpha value is -0.580. The Bertz CT molecular complexity index is 262. The smallest absolute Gasteiger partial charge is 0.128 e. The van der Waals surface area contributed by atoms with E-state index in [1.165, 1.54) is 0 Å². The molecule has 74 valence electrons. The third-order valence-corrected chi connectivity index (χ3v) is 2.17. The highest BCUT2D eigenvalue weighted by atomic mass is 35.5. The number of hydrogen-bond donors (Lipinski definition) is 2. The summed E-state index contributed by atoms with van der Waals surface area (Å²) in [6.07, 6.45) is 2.39. The van der Waals surface area contributed by atoms with Crippen molar-refractivity contribution in [3.8, 4) is 0 Å². The molecular weight excluding hydrogens is 190 g/mol. The summed E-state index contributed by atoms with van der Waals surface area (Å²) in [4.78, 5) is 4.12. The molecule has 1 aromatic rings. The zero-order valence-electron chi connectivity index (χ0n) is 7.63. The molecule has 5 heteroatoms. The Balaban J connectivity index is 2.32. The first kappa shape index (κ1) is 10.5. The lowest BCUT2D eigenvalue weighted by Crippen LogP contribution is -2.18. The number of nitrogens with one attached hydrogen (secondary N) is 1. The summed E-state index contributed by atoms with van der Waals surface area (Å²) in [6.45, 7) is 1.69. The van der Waals surface area contributed by atoms with Crippen LogP contribution >= 0.6 is 11.6 Å². The fraction of sp³-hybridized carbons (Fsp3) is 0.625. The Morgan fingerprint density at radius 2 is 2.46 bits per heavy atom. The van der Waals surface area contributed by atoms with Crippen LogP contribution in [0.2, 0.25) is 5.15 Å². The highest BCUT2D eigenvalue weighted by molar-refractivity contribution is 6.29. The molecule has 0 amide bonds. The second-order valence-corrected chi connectivity index (χ2v) is 3.20. The molecule has 0 bridgehead atoms. The minimum Gasteiger partial charge on any atom is -0.396 e. The Labute approximate surface area is 82.5 Å². The third-order valence-electron chi connectivity index (χ3n) is 1.82. The van der Waals surface area contributed by atoms with Gasteiger partial charge in [0.15, 0.2) is 0 Å². The van der Waals surface area contributed by atoms with E-state index in [4.69, 9.17) is 16.7 Å². The van der Waals surface area contributed by atoms with Crippen LogP contribution in [0.3, 0.4) is 0 Å². The molecule has 4 nitrogen and oxygen atoms in total. The lowest BCUT2D eigenvalue weighted by atomic mass is 10.4. The molecule has 0 saturated carbocycles. The van der Waals surface area contributed by atoms with Gasteiger partial charge in [-0.25, -0.2) is 4.98 Å². The van der Waals surface area contributed by atoms with Crippen LogP contribution in [0.15, 0.2) is 6.20 Å². The molecule has 0 aliphatic heterocycles. The van der Waals surface area contributed by atoms with E-state index < -0.39 is 0 Å². The summed E-state index contributed by atoms with van der Waals surface area (Å²) in [5.74, 6) is 0.905. The van der Waals surface area contributed by atoms with Gasteiger partial charge in [0.05, 0.1) is 12.7 Å². The largest absolute Gasteiger partial charge is 0.396 e. The third kappa shape index (κ3) is 2.99. The van der Waals surface area contributed by atoms with Gasteiger partial charge in [-0.2, -0.15) is 0 Å². The maximum Gasteiger partial charge on any atom is 0.128 e. The summed E-state index contributed by atoms with van der Waals surface area (Å²) in [7, 11) is 1.87. The molecule has 0 unspecified atom stereocenters. The number of hydrogen-bond acceptors (Lipinski definition) is 3. The lowest BCUT2D eigenvalue weighted by molar-refractivity contribution is 0.285. The Kier molecular flexibility index (Phi) is 4.21. The standard InChI is InChI=1S/C8H14ClN3O/c1-12-7(9)5-11-8(12)6-10-3-2-4-13/h5,10,13H,2-4,6H2,1H3. The maximum atomic E-state index is 8.54. The number of imidazole rings is 1. The first-order valence-electron chi connectivity index (χ1n) is 4.23. The monoisotopic (exact) mass is 203 g/mol. The van der Waals surface area contributed by atoms with Gasteiger partial charge in [-0.1, -0.05) is 11.6 Å². The van der Waals surface area contributed by atoms with Crippen molar-refractivity contribution in [2.24, 2.45) is 7.05 Å². The molecule has 13 heavy (non-hydrogen) atoms. The summed E-state index contributed by atoms with van der Waals surface area (Å²) < 4.78 is 1.83. The first-order valence-corrected chi connectivity index (χ1v) is 4.61. The number of halogens is 1. The van der Waals surface area contributed by atoms with Gasteiger partial charge in [-0.15, -0.1) is 0 Å². The van der Waals surface area contributed by atoms with Crippen LogP contribution in [0.4, 0.5) is 0 Å². The molecule has 0 aromatic carbocycles. The predicted molar refractivity (Wildman–Crippen MR) is 51.6 cm³/mol. The predicted octanol–water partition coefficient (Wildman–Crippen LogP) is 0.545. The van der Waals surface area contributed by atoms with E-state index in [1.54, 1.807) is 6.20 Å². The molecule has 0 aliphatic rings. The highest BCUT2D eigenvalue weighted by Gasteiger charge is 2.02. The van der Waals surface area contributed by atoms with Crippen molar-refractivity contribution in [1.29, 1.82) is 0 Å². The van der Waals surface area contributed by atoms with E-state index >= 15 is 0 Å². The van der Waals surface area contributed by atoms with Crippen molar-refractivity contribution in [1.82, 2.24) is 14.9 Å². The molecule has 0 fully saturated rings. The summed E-state index contributed by atoms with van der Waals surface area (Å²) >= 11 is 5.80. The number of rotatable bonds is 5. The first-order chi connectivity index (χ1) is 6.25. The van der Waals surface area contributed by atoms with Gasteiger partial charge < -0.3 is 15.0 Å². The van der Waals surface area contributed by atoms with Gasteiger partial charge in [0, 0.05) is 13.7 Å². The zero-order chi connectivity index (χ0) is 9.68. The molecule has 0 radical (unpaired) electrons. The van der Waals surface area contributed by atoms with Crippen LogP contribution in [0, 0.1) is 0 Å². The van der Waals surface area contributed by atoms with E-state index in [-0.39, 0.29) is 6.61 Å². The quantitative estimate of drug-likeness (QED) is 0.688. The van der Waals surface area contributed by atoms with Crippen LogP contribution in [0.1, 0.15) is 12.2 Å². The van der Waals surface area contributed by atoms with Crippen LogP contribution < -0.4 is 5.32 Å². The lowest BCUT2D eigenvalue weighted by Gasteiger charge is -2.03. The summed E-state index contributed by atoms with van der Waals surface area (Å²) in [5, 5.41) is 12.3. The normalized spacial score (nSPS) is 10.7. The number of aliphatic hydroxyl groups is 1. The van der Waals surface area contributed by atoms with E-state index in [9.17, 15) is 0 Å². The minimum absolute atomic E-state index is 0.217. The Morgan fingerprint density at radius 3 is 3.00 bits per heavy atom. The van der Waals surface area contributed by atoms with E-state index in [1.807, 2.05) is 11.6 Å². The second kappa shape index (κ2) is 5.21. The topological polar surface area (TPSA) is 50.1 Å².